The van der Waals surface area contributed by atoms with Crippen molar-refractivity contribution in [2.75, 3.05) is 0 Å². The number of hydrogen-bond acceptors (Lipinski definition) is 4. The number of nitro groups is 1. The normalized spacial score (nSPS) is 10.3. The van der Waals surface area contributed by atoms with Crippen molar-refractivity contribution < 1.29 is 9.31 Å². The van der Waals surface area contributed by atoms with Crippen molar-refractivity contribution in [1.29, 1.82) is 0 Å². The van der Waals surface area contributed by atoms with Crippen LogP contribution in [0.5, 0.6) is 0 Å². The summed E-state index contributed by atoms with van der Waals surface area (Å²) in [5, 5.41) is 11.1. The number of rotatable bonds is 4. The minimum Gasteiger partial charge on any atom is -0.258 e. The van der Waals surface area contributed by atoms with Gasteiger partial charge in [0.15, 0.2) is 0 Å². The van der Waals surface area contributed by atoms with Crippen molar-refractivity contribution in [3.05, 3.63) is 64.1 Å². The van der Waals surface area contributed by atoms with Gasteiger partial charge in [-0.3, -0.25) is 10.1 Å². The van der Waals surface area contributed by atoms with Crippen LogP contribution in [0.25, 0.3) is 0 Å². The van der Waals surface area contributed by atoms with Gasteiger partial charge in [0.1, 0.15) is 12.0 Å². The van der Waals surface area contributed by atoms with Crippen LogP contribution in [0.1, 0.15) is 5.56 Å². The summed E-state index contributed by atoms with van der Waals surface area (Å²) in [7, 11) is 0. The maximum Gasteiger partial charge on any atom is 0.287 e. The Balaban J connectivity index is 1.97. The molecule has 1 aromatic carbocycles. The first-order chi connectivity index (χ1) is 8.65. The second-order valence-corrected chi connectivity index (χ2v) is 4.52. The van der Waals surface area contributed by atoms with E-state index < -0.39 is 4.92 Å². The number of pyridine rings is 1. The number of nitrogens with zero attached hydrogens (tertiary/aromatic N) is 2. The Labute approximate surface area is 107 Å². The van der Waals surface area contributed by atoms with Gasteiger partial charge in [-0.1, -0.05) is 12.1 Å². The molecule has 0 atom stereocenters. The van der Waals surface area contributed by atoms with Crippen molar-refractivity contribution in [3.63, 3.8) is 0 Å². The van der Waals surface area contributed by atoms with Crippen LogP contribution in [0.2, 0.25) is 0 Å². The Morgan fingerprint density at radius 2 is 1.94 bits per heavy atom. The standard InChI is InChI=1S/C12H9FN2O2S/c13-10-3-1-9(2-4-10)8-18-12-6-5-11(7-14-12)15(16)17/h1-7H,8H2. The number of aromatic nitrogens is 1. The van der Waals surface area contributed by atoms with E-state index in [1.165, 1.54) is 36.2 Å². The Hall–Kier alpha value is -1.95. The van der Waals surface area contributed by atoms with Gasteiger partial charge in [-0.15, -0.1) is 11.8 Å². The van der Waals surface area contributed by atoms with Gasteiger partial charge in [0.05, 0.1) is 9.95 Å². The fourth-order valence-corrected chi connectivity index (χ4v) is 2.10. The first-order valence-electron chi connectivity index (χ1n) is 5.13. The summed E-state index contributed by atoms with van der Waals surface area (Å²) in [6.45, 7) is 0. The second kappa shape index (κ2) is 5.59. The van der Waals surface area contributed by atoms with Crippen molar-refractivity contribution >= 4 is 17.4 Å². The highest BCUT2D eigenvalue weighted by atomic mass is 32.2. The Kier molecular flexibility index (Phi) is 3.88. The average Bonchev–Trinajstić information content (AvgIpc) is 2.38. The van der Waals surface area contributed by atoms with Crippen LogP contribution in [-0.2, 0) is 5.75 Å². The van der Waals surface area contributed by atoms with Crippen LogP contribution >= 0.6 is 11.8 Å². The van der Waals surface area contributed by atoms with Gasteiger partial charge in [0, 0.05) is 11.8 Å². The largest absolute Gasteiger partial charge is 0.287 e. The molecule has 1 heterocycles. The first kappa shape index (κ1) is 12.5. The number of halogens is 1. The number of thioether (sulfide) groups is 1. The number of hydrogen-bond donors (Lipinski definition) is 0. The first-order valence-corrected chi connectivity index (χ1v) is 6.11. The lowest BCUT2D eigenvalue weighted by molar-refractivity contribution is -0.385. The Morgan fingerprint density at radius 1 is 1.22 bits per heavy atom. The third kappa shape index (κ3) is 3.27. The van der Waals surface area contributed by atoms with Gasteiger partial charge in [-0.25, -0.2) is 9.37 Å². The fraction of sp³-hybridized carbons (Fsp3) is 0.0833. The molecular weight excluding hydrogens is 255 g/mol. The van der Waals surface area contributed by atoms with Crippen LogP contribution < -0.4 is 0 Å². The monoisotopic (exact) mass is 264 g/mol. The summed E-state index contributed by atoms with van der Waals surface area (Å²) in [5.41, 5.74) is 0.947. The molecule has 92 valence electrons. The van der Waals surface area contributed by atoms with Crippen molar-refractivity contribution in [1.82, 2.24) is 4.98 Å². The van der Waals surface area contributed by atoms with Crippen LogP contribution in [0.4, 0.5) is 10.1 Å². The SMILES string of the molecule is O=[N+]([O-])c1ccc(SCc2ccc(F)cc2)nc1. The van der Waals surface area contributed by atoms with Gasteiger partial charge in [0.25, 0.3) is 5.69 Å². The van der Waals surface area contributed by atoms with Crippen molar-refractivity contribution in [3.8, 4) is 0 Å². The molecule has 0 unspecified atom stereocenters. The predicted molar refractivity (Wildman–Crippen MR) is 66.9 cm³/mol. The summed E-state index contributed by atoms with van der Waals surface area (Å²) in [5.74, 6) is 0.377. The summed E-state index contributed by atoms with van der Waals surface area (Å²) in [6.07, 6.45) is 1.23. The molecule has 0 aliphatic heterocycles. The lowest BCUT2D eigenvalue weighted by Crippen LogP contribution is -1.89. The van der Waals surface area contributed by atoms with E-state index in [1.807, 2.05) is 0 Å². The van der Waals surface area contributed by atoms with Crippen LogP contribution in [0, 0.1) is 15.9 Å². The van der Waals surface area contributed by atoms with E-state index in [1.54, 1.807) is 18.2 Å². The zero-order chi connectivity index (χ0) is 13.0. The average molecular weight is 264 g/mol. The molecule has 0 amide bonds. The highest BCUT2D eigenvalue weighted by Crippen LogP contribution is 2.22. The molecule has 0 spiro atoms. The van der Waals surface area contributed by atoms with Gasteiger partial charge < -0.3 is 0 Å². The third-order valence-electron chi connectivity index (χ3n) is 2.23. The molecule has 4 nitrogen and oxygen atoms in total. The molecule has 1 aromatic heterocycles. The summed E-state index contributed by atoms with van der Waals surface area (Å²) in [4.78, 5) is 13.9. The highest BCUT2D eigenvalue weighted by Gasteiger charge is 2.05. The molecule has 2 aromatic rings. The number of benzene rings is 1. The molecule has 0 saturated heterocycles. The van der Waals surface area contributed by atoms with E-state index in [9.17, 15) is 14.5 Å². The molecule has 0 radical (unpaired) electrons. The molecule has 0 aliphatic rings. The molecule has 2 rings (SSSR count). The molecule has 0 fully saturated rings. The molecule has 0 saturated carbocycles. The van der Waals surface area contributed by atoms with Crippen LogP contribution in [0.15, 0.2) is 47.6 Å². The summed E-state index contributed by atoms with van der Waals surface area (Å²) < 4.78 is 12.7. The topological polar surface area (TPSA) is 56.0 Å². The molecule has 6 heteroatoms. The summed E-state index contributed by atoms with van der Waals surface area (Å²) in [6, 6.07) is 9.23. The lowest BCUT2D eigenvalue weighted by atomic mass is 10.2. The van der Waals surface area contributed by atoms with E-state index in [0.717, 1.165) is 5.56 Å². The second-order valence-electron chi connectivity index (χ2n) is 3.53. The molecular formula is C12H9FN2O2S. The molecule has 0 N–H and O–H groups in total. The third-order valence-corrected chi connectivity index (χ3v) is 3.25. The zero-order valence-electron chi connectivity index (χ0n) is 9.25. The quantitative estimate of drug-likeness (QED) is 0.482. The van der Waals surface area contributed by atoms with E-state index in [4.69, 9.17) is 0 Å². The summed E-state index contributed by atoms with van der Waals surface area (Å²) >= 11 is 1.44. The van der Waals surface area contributed by atoms with Crippen LogP contribution in [-0.4, -0.2) is 9.91 Å². The molecule has 0 aliphatic carbocycles. The van der Waals surface area contributed by atoms with Gasteiger partial charge in [-0.05, 0) is 23.8 Å². The van der Waals surface area contributed by atoms with Gasteiger partial charge >= 0.3 is 0 Å². The van der Waals surface area contributed by atoms with Crippen molar-refractivity contribution in [2.45, 2.75) is 10.8 Å². The van der Waals surface area contributed by atoms with Gasteiger partial charge in [0.2, 0.25) is 0 Å². The van der Waals surface area contributed by atoms with E-state index in [2.05, 4.69) is 4.98 Å². The minimum absolute atomic E-state index is 0.0267. The highest BCUT2D eigenvalue weighted by molar-refractivity contribution is 7.98. The lowest BCUT2D eigenvalue weighted by Gasteiger charge is -2.01. The maximum absolute atomic E-state index is 12.7. The Morgan fingerprint density at radius 3 is 2.50 bits per heavy atom. The van der Waals surface area contributed by atoms with Crippen molar-refractivity contribution in [2.24, 2.45) is 0 Å². The maximum atomic E-state index is 12.7. The minimum atomic E-state index is -0.485. The van der Waals surface area contributed by atoms with E-state index in [0.29, 0.717) is 10.8 Å². The smallest absolute Gasteiger partial charge is 0.258 e. The Bertz CT molecular complexity index is 543. The predicted octanol–water partition coefficient (Wildman–Crippen LogP) is 3.42. The van der Waals surface area contributed by atoms with E-state index in [-0.39, 0.29) is 11.5 Å². The van der Waals surface area contributed by atoms with Gasteiger partial charge in [-0.2, -0.15) is 0 Å². The molecule has 18 heavy (non-hydrogen) atoms. The van der Waals surface area contributed by atoms with Crippen LogP contribution in [0.3, 0.4) is 0 Å². The van der Waals surface area contributed by atoms with E-state index >= 15 is 0 Å². The fourth-order valence-electron chi connectivity index (χ4n) is 1.30. The molecule has 0 bridgehead atoms. The zero-order valence-corrected chi connectivity index (χ0v) is 10.1.